The third kappa shape index (κ3) is 2.83. The first-order valence-electron chi connectivity index (χ1n) is 6.87. The summed E-state index contributed by atoms with van der Waals surface area (Å²) in [5.74, 6) is 1.55. The third-order valence-corrected chi connectivity index (χ3v) is 3.72. The van der Waals surface area contributed by atoms with E-state index in [1.54, 1.807) is 0 Å². The van der Waals surface area contributed by atoms with Gasteiger partial charge in [-0.1, -0.05) is 27.7 Å². The van der Waals surface area contributed by atoms with Gasteiger partial charge in [-0.2, -0.15) is 0 Å². The molecule has 2 heterocycles. The maximum absolute atomic E-state index is 5.79. The van der Waals surface area contributed by atoms with Gasteiger partial charge in [-0.25, -0.2) is 4.98 Å². The molecule has 0 aromatic carbocycles. The topological polar surface area (TPSA) is 42.1 Å². The second kappa shape index (κ2) is 4.88. The Bertz CT molecular complexity index is 424. The number of nitrogens with zero attached hydrogens (tertiary/aromatic N) is 2. The highest BCUT2D eigenvalue weighted by atomic mass is 15.2. The molecule has 0 radical (unpaired) electrons. The van der Waals surface area contributed by atoms with Crippen LogP contribution < -0.4 is 10.6 Å². The summed E-state index contributed by atoms with van der Waals surface area (Å²) in [6, 6.07) is 4.28. The van der Waals surface area contributed by atoms with Crippen molar-refractivity contribution in [2.75, 3.05) is 18.0 Å². The van der Waals surface area contributed by atoms with Crippen molar-refractivity contribution in [2.24, 2.45) is 11.1 Å². The standard InChI is InChI=1S/C15H25N3/c1-11(2)13-7-12(9-16)8-14(17-13)18-6-5-15(3,4)10-18/h7-8,11H,5-6,9-10,16H2,1-4H3. The zero-order chi connectivity index (χ0) is 13.3. The van der Waals surface area contributed by atoms with E-state index in [-0.39, 0.29) is 0 Å². The molecule has 1 fully saturated rings. The molecule has 1 saturated heterocycles. The van der Waals surface area contributed by atoms with Crippen LogP contribution >= 0.6 is 0 Å². The van der Waals surface area contributed by atoms with Gasteiger partial charge in [0.2, 0.25) is 0 Å². The molecule has 3 nitrogen and oxygen atoms in total. The Morgan fingerprint density at radius 2 is 2.11 bits per heavy atom. The minimum Gasteiger partial charge on any atom is -0.356 e. The average Bonchev–Trinajstić information content (AvgIpc) is 2.69. The predicted octanol–water partition coefficient (Wildman–Crippen LogP) is 2.90. The number of nitrogens with two attached hydrogens (primary N) is 1. The van der Waals surface area contributed by atoms with E-state index in [0.717, 1.165) is 24.6 Å². The quantitative estimate of drug-likeness (QED) is 0.893. The van der Waals surface area contributed by atoms with E-state index in [2.05, 4.69) is 44.7 Å². The Morgan fingerprint density at radius 3 is 2.61 bits per heavy atom. The molecule has 2 rings (SSSR count). The number of anilines is 1. The fraction of sp³-hybridized carbons (Fsp3) is 0.667. The largest absolute Gasteiger partial charge is 0.356 e. The zero-order valence-corrected chi connectivity index (χ0v) is 12.0. The van der Waals surface area contributed by atoms with Crippen LogP contribution in [-0.2, 0) is 6.54 Å². The molecule has 3 heteroatoms. The van der Waals surface area contributed by atoms with E-state index in [1.165, 1.54) is 12.0 Å². The van der Waals surface area contributed by atoms with Gasteiger partial charge in [0.25, 0.3) is 0 Å². The summed E-state index contributed by atoms with van der Waals surface area (Å²) in [7, 11) is 0. The van der Waals surface area contributed by atoms with Crippen LogP contribution in [0.4, 0.5) is 5.82 Å². The number of aromatic nitrogens is 1. The van der Waals surface area contributed by atoms with Crippen LogP contribution in [0.25, 0.3) is 0 Å². The lowest BCUT2D eigenvalue weighted by molar-refractivity contribution is 0.418. The van der Waals surface area contributed by atoms with E-state index >= 15 is 0 Å². The molecule has 0 amide bonds. The second-order valence-corrected chi connectivity index (χ2v) is 6.45. The zero-order valence-electron chi connectivity index (χ0n) is 12.0. The van der Waals surface area contributed by atoms with Crippen LogP contribution in [-0.4, -0.2) is 18.1 Å². The first kappa shape index (κ1) is 13.3. The van der Waals surface area contributed by atoms with Gasteiger partial charge >= 0.3 is 0 Å². The second-order valence-electron chi connectivity index (χ2n) is 6.45. The number of rotatable bonds is 3. The van der Waals surface area contributed by atoms with Crippen molar-refractivity contribution in [2.45, 2.75) is 46.6 Å². The van der Waals surface area contributed by atoms with Crippen molar-refractivity contribution in [1.29, 1.82) is 0 Å². The summed E-state index contributed by atoms with van der Waals surface area (Å²) in [5, 5.41) is 0. The number of hydrogen-bond donors (Lipinski definition) is 1. The molecule has 100 valence electrons. The summed E-state index contributed by atoms with van der Waals surface area (Å²) < 4.78 is 0. The summed E-state index contributed by atoms with van der Waals surface area (Å²) in [6.07, 6.45) is 1.23. The van der Waals surface area contributed by atoms with Crippen LogP contribution in [0.3, 0.4) is 0 Å². The first-order valence-corrected chi connectivity index (χ1v) is 6.87. The van der Waals surface area contributed by atoms with E-state index in [9.17, 15) is 0 Å². The molecule has 0 saturated carbocycles. The van der Waals surface area contributed by atoms with Gasteiger partial charge in [-0.3, -0.25) is 0 Å². The van der Waals surface area contributed by atoms with Crippen molar-refractivity contribution in [3.63, 3.8) is 0 Å². The van der Waals surface area contributed by atoms with Crippen molar-refractivity contribution in [3.8, 4) is 0 Å². The van der Waals surface area contributed by atoms with E-state index in [4.69, 9.17) is 10.7 Å². The van der Waals surface area contributed by atoms with Crippen molar-refractivity contribution >= 4 is 5.82 Å². The van der Waals surface area contributed by atoms with Gasteiger partial charge in [-0.15, -0.1) is 0 Å². The Kier molecular flexibility index (Phi) is 3.62. The van der Waals surface area contributed by atoms with Crippen LogP contribution in [0.5, 0.6) is 0 Å². The van der Waals surface area contributed by atoms with E-state index in [0.29, 0.717) is 17.9 Å². The lowest BCUT2D eigenvalue weighted by Gasteiger charge is -2.22. The molecular weight excluding hydrogens is 222 g/mol. The van der Waals surface area contributed by atoms with Crippen molar-refractivity contribution in [3.05, 3.63) is 23.4 Å². The minimum absolute atomic E-state index is 0.401. The summed E-state index contributed by atoms with van der Waals surface area (Å²) in [4.78, 5) is 7.19. The Hall–Kier alpha value is -1.09. The molecule has 1 aromatic rings. The number of pyridine rings is 1. The molecule has 0 unspecified atom stereocenters. The van der Waals surface area contributed by atoms with Gasteiger partial charge in [0, 0.05) is 25.3 Å². The molecular formula is C15H25N3. The van der Waals surface area contributed by atoms with Gasteiger partial charge in [0.15, 0.2) is 0 Å². The van der Waals surface area contributed by atoms with Gasteiger partial charge in [0.1, 0.15) is 5.82 Å². The third-order valence-electron chi connectivity index (χ3n) is 3.72. The van der Waals surface area contributed by atoms with E-state index in [1.807, 2.05) is 0 Å². The van der Waals surface area contributed by atoms with Crippen LogP contribution in [0.2, 0.25) is 0 Å². The molecule has 2 N–H and O–H groups in total. The lowest BCUT2D eigenvalue weighted by Crippen LogP contribution is -2.24. The van der Waals surface area contributed by atoms with Gasteiger partial charge in [0.05, 0.1) is 0 Å². The fourth-order valence-electron chi connectivity index (χ4n) is 2.48. The highest BCUT2D eigenvalue weighted by Gasteiger charge is 2.30. The van der Waals surface area contributed by atoms with Crippen molar-refractivity contribution < 1.29 is 0 Å². The monoisotopic (exact) mass is 247 g/mol. The minimum atomic E-state index is 0.401. The smallest absolute Gasteiger partial charge is 0.129 e. The molecule has 1 aliphatic heterocycles. The first-order chi connectivity index (χ1) is 8.41. The Balaban J connectivity index is 2.30. The normalized spacial score (nSPS) is 18.7. The highest BCUT2D eigenvalue weighted by molar-refractivity contribution is 5.44. The average molecular weight is 247 g/mol. The van der Waals surface area contributed by atoms with Gasteiger partial charge in [-0.05, 0) is 35.4 Å². The number of hydrogen-bond acceptors (Lipinski definition) is 3. The predicted molar refractivity (Wildman–Crippen MR) is 76.8 cm³/mol. The maximum atomic E-state index is 5.79. The van der Waals surface area contributed by atoms with Crippen LogP contribution in [0.1, 0.15) is 51.3 Å². The van der Waals surface area contributed by atoms with Crippen molar-refractivity contribution in [1.82, 2.24) is 4.98 Å². The molecule has 18 heavy (non-hydrogen) atoms. The van der Waals surface area contributed by atoms with Crippen LogP contribution in [0, 0.1) is 5.41 Å². The van der Waals surface area contributed by atoms with Gasteiger partial charge < -0.3 is 10.6 Å². The maximum Gasteiger partial charge on any atom is 0.129 e. The summed E-state index contributed by atoms with van der Waals surface area (Å²) in [6.45, 7) is 11.8. The SMILES string of the molecule is CC(C)c1cc(CN)cc(N2CCC(C)(C)C2)n1. The molecule has 0 aliphatic carbocycles. The fourth-order valence-corrected chi connectivity index (χ4v) is 2.48. The highest BCUT2D eigenvalue weighted by Crippen LogP contribution is 2.32. The summed E-state index contributed by atoms with van der Waals surface area (Å²) in [5.41, 5.74) is 8.53. The Labute approximate surface area is 110 Å². The Morgan fingerprint density at radius 1 is 1.39 bits per heavy atom. The molecule has 0 atom stereocenters. The van der Waals surface area contributed by atoms with Crippen LogP contribution in [0.15, 0.2) is 12.1 Å². The molecule has 0 bridgehead atoms. The molecule has 1 aliphatic rings. The van der Waals surface area contributed by atoms with E-state index < -0.39 is 0 Å². The molecule has 1 aromatic heterocycles. The lowest BCUT2D eigenvalue weighted by atomic mass is 9.93. The molecule has 0 spiro atoms. The summed E-state index contributed by atoms with van der Waals surface area (Å²) >= 11 is 0.